The minimum absolute atomic E-state index is 0. The average molecular weight is 509 g/mol. The summed E-state index contributed by atoms with van der Waals surface area (Å²) in [5, 5.41) is 10.5. The summed E-state index contributed by atoms with van der Waals surface area (Å²) < 4.78 is 7.19. The molecule has 0 atom stereocenters. The lowest BCUT2D eigenvalue weighted by Gasteiger charge is -2.30. The van der Waals surface area contributed by atoms with Crippen LogP contribution < -0.4 is 10.6 Å². The van der Waals surface area contributed by atoms with Crippen molar-refractivity contribution in [2.45, 2.75) is 66.2 Å². The molecule has 0 aliphatic heterocycles. The highest BCUT2D eigenvalue weighted by Gasteiger charge is 2.23. The summed E-state index contributed by atoms with van der Waals surface area (Å²) in [4.78, 5) is 22.8. The van der Waals surface area contributed by atoms with Gasteiger partial charge in [0.1, 0.15) is 24.3 Å². The molecule has 28 heavy (non-hydrogen) atoms. The predicted octanol–water partition coefficient (Wildman–Crippen LogP) is 2.52. The Kier molecular flexibility index (Phi) is 12.1. The minimum Gasteiger partial charge on any atom is -0.444 e. The van der Waals surface area contributed by atoms with Crippen molar-refractivity contribution in [2.75, 3.05) is 19.6 Å². The third-order valence-corrected chi connectivity index (χ3v) is 3.65. The molecule has 0 aromatic carbocycles. The van der Waals surface area contributed by atoms with Crippen molar-refractivity contribution in [2.24, 2.45) is 12.0 Å². The van der Waals surface area contributed by atoms with Gasteiger partial charge in [-0.3, -0.25) is 4.68 Å². The van der Waals surface area contributed by atoms with Gasteiger partial charge in [-0.1, -0.05) is 0 Å². The normalized spacial score (nSPS) is 11.8. The van der Waals surface area contributed by atoms with Crippen LogP contribution in [0.2, 0.25) is 0 Å². The van der Waals surface area contributed by atoms with Crippen LogP contribution in [0.4, 0.5) is 4.79 Å². The predicted molar refractivity (Wildman–Crippen MR) is 122 cm³/mol. The number of aliphatic imine (C=N–C) groups is 1. The summed E-state index contributed by atoms with van der Waals surface area (Å²) >= 11 is 0. The third kappa shape index (κ3) is 10.1. The second-order valence-corrected chi connectivity index (χ2v) is 7.54. The van der Waals surface area contributed by atoms with Crippen molar-refractivity contribution in [1.29, 1.82) is 0 Å². The highest BCUT2D eigenvalue weighted by Crippen LogP contribution is 2.12. The molecule has 2 N–H and O–H groups in total. The molecule has 1 heterocycles. The quantitative estimate of drug-likeness (QED) is 0.242. The number of hydrogen-bond donors (Lipinski definition) is 2. The number of halogens is 1. The molecular weight excluding hydrogens is 473 g/mol. The van der Waals surface area contributed by atoms with Crippen molar-refractivity contribution >= 4 is 36.0 Å². The largest absolute Gasteiger partial charge is 0.444 e. The maximum atomic E-state index is 12.3. The van der Waals surface area contributed by atoms with Crippen molar-refractivity contribution in [1.82, 2.24) is 30.3 Å². The highest BCUT2D eigenvalue weighted by atomic mass is 127. The summed E-state index contributed by atoms with van der Waals surface area (Å²) in [7, 11) is 1.84. The Bertz CT molecular complexity index is 611. The van der Waals surface area contributed by atoms with Gasteiger partial charge in [0.25, 0.3) is 0 Å². The Balaban J connectivity index is 0.00000729. The Morgan fingerprint density at radius 2 is 2.04 bits per heavy atom. The van der Waals surface area contributed by atoms with Crippen molar-refractivity contribution < 1.29 is 9.53 Å². The molecule has 0 aliphatic carbocycles. The number of carbonyl (C=O) groups excluding carboxylic acids is 1. The van der Waals surface area contributed by atoms with E-state index in [1.807, 2.05) is 48.6 Å². The molecule has 9 nitrogen and oxygen atoms in total. The van der Waals surface area contributed by atoms with Gasteiger partial charge in [0.2, 0.25) is 0 Å². The molecule has 0 radical (unpaired) electrons. The molecule has 0 saturated heterocycles. The van der Waals surface area contributed by atoms with Crippen LogP contribution in [-0.2, 0) is 18.3 Å². The summed E-state index contributed by atoms with van der Waals surface area (Å²) in [5.74, 6) is 1.51. The van der Waals surface area contributed by atoms with Crippen LogP contribution in [0.15, 0.2) is 11.3 Å². The fourth-order valence-corrected chi connectivity index (χ4v) is 2.29. The summed E-state index contributed by atoms with van der Waals surface area (Å²) in [5.41, 5.74) is -0.493. The maximum Gasteiger partial charge on any atom is 0.410 e. The Labute approximate surface area is 185 Å². The van der Waals surface area contributed by atoms with Crippen LogP contribution in [0.3, 0.4) is 0 Å². The van der Waals surface area contributed by atoms with E-state index in [1.54, 1.807) is 9.58 Å². The number of ether oxygens (including phenoxy) is 1. The van der Waals surface area contributed by atoms with Gasteiger partial charge in [-0.2, -0.15) is 5.10 Å². The van der Waals surface area contributed by atoms with Crippen LogP contribution in [0, 0.1) is 0 Å². The Morgan fingerprint density at radius 1 is 1.36 bits per heavy atom. The number of aryl methyl sites for hydroxylation is 1. The Hall–Kier alpha value is -1.59. The van der Waals surface area contributed by atoms with Gasteiger partial charge in [-0.15, -0.1) is 24.0 Å². The van der Waals surface area contributed by atoms with Gasteiger partial charge >= 0.3 is 6.09 Å². The van der Waals surface area contributed by atoms with Crippen LogP contribution in [0.25, 0.3) is 0 Å². The van der Waals surface area contributed by atoms with Gasteiger partial charge in [0.15, 0.2) is 5.96 Å². The van der Waals surface area contributed by atoms with Crippen molar-refractivity contribution in [3.05, 3.63) is 12.2 Å². The Morgan fingerprint density at radius 3 is 2.54 bits per heavy atom. The third-order valence-electron chi connectivity index (χ3n) is 3.65. The van der Waals surface area contributed by atoms with Crippen LogP contribution in [0.1, 0.15) is 53.8 Å². The minimum atomic E-state index is -0.493. The number of nitrogens with zero attached hydrogens (tertiary/aromatic N) is 5. The zero-order chi connectivity index (χ0) is 20.4. The molecule has 10 heteroatoms. The number of guanidine groups is 1. The molecule has 1 aromatic rings. The van der Waals surface area contributed by atoms with E-state index in [-0.39, 0.29) is 36.1 Å². The lowest BCUT2D eigenvalue weighted by Crippen LogP contribution is -2.43. The lowest BCUT2D eigenvalue weighted by molar-refractivity contribution is 0.0190. The molecule has 0 saturated carbocycles. The highest BCUT2D eigenvalue weighted by molar-refractivity contribution is 14.0. The molecule has 0 bridgehead atoms. The number of carbonyl (C=O) groups is 1. The van der Waals surface area contributed by atoms with E-state index in [1.165, 1.54) is 6.33 Å². The van der Waals surface area contributed by atoms with Gasteiger partial charge in [-0.05, 0) is 48.0 Å². The van der Waals surface area contributed by atoms with E-state index >= 15 is 0 Å². The van der Waals surface area contributed by atoms with E-state index in [2.05, 4.69) is 25.7 Å². The first-order chi connectivity index (χ1) is 12.6. The van der Waals surface area contributed by atoms with E-state index in [4.69, 9.17) is 4.74 Å². The standard InChI is InChI=1S/C18H35N7O2.HI/c1-8-19-16(21-12-15-22-13-23-24(15)7)20-10-9-11-25(14(2)3)17(26)27-18(4,5)6;/h13-14H,8-12H2,1-7H3,(H2,19,20,21);1H. The van der Waals surface area contributed by atoms with Gasteiger partial charge in [0.05, 0.1) is 0 Å². The zero-order valence-corrected chi connectivity index (χ0v) is 20.5. The molecule has 1 aromatic heterocycles. The van der Waals surface area contributed by atoms with Crippen molar-refractivity contribution in [3.63, 3.8) is 0 Å². The molecule has 0 aliphatic rings. The molecule has 162 valence electrons. The number of hydrogen-bond acceptors (Lipinski definition) is 5. The monoisotopic (exact) mass is 509 g/mol. The van der Waals surface area contributed by atoms with Crippen molar-refractivity contribution in [3.8, 4) is 0 Å². The molecule has 1 amide bonds. The number of nitrogens with one attached hydrogen (secondary N) is 2. The fraction of sp³-hybridized carbons (Fsp3) is 0.778. The van der Waals surface area contributed by atoms with Gasteiger partial charge < -0.3 is 20.3 Å². The summed E-state index contributed by atoms with van der Waals surface area (Å²) in [6.45, 7) is 14.1. The van der Waals surface area contributed by atoms with E-state index in [0.29, 0.717) is 25.6 Å². The average Bonchev–Trinajstić information content (AvgIpc) is 2.95. The lowest BCUT2D eigenvalue weighted by atomic mass is 10.2. The molecule has 0 unspecified atom stereocenters. The fourth-order valence-electron chi connectivity index (χ4n) is 2.29. The molecule has 0 spiro atoms. The first-order valence-corrected chi connectivity index (χ1v) is 9.48. The van der Waals surface area contributed by atoms with Crippen LogP contribution in [-0.4, -0.2) is 63.0 Å². The maximum absolute atomic E-state index is 12.3. The number of amides is 1. The topological polar surface area (TPSA) is 96.7 Å². The second-order valence-electron chi connectivity index (χ2n) is 7.54. The zero-order valence-electron chi connectivity index (χ0n) is 18.2. The molecule has 1 rings (SSSR count). The smallest absolute Gasteiger partial charge is 0.410 e. The van der Waals surface area contributed by atoms with Gasteiger partial charge in [0, 0.05) is 32.7 Å². The summed E-state index contributed by atoms with van der Waals surface area (Å²) in [6.07, 6.45) is 2.02. The van der Waals surface area contributed by atoms with E-state index in [0.717, 1.165) is 18.8 Å². The molecular formula is C18H36IN7O2. The van der Waals surface area contributed by atoms with Crippen LogP contribution >= 0.6 is 24.0 Å². The number of rotatable bonds is 8. The SMILES string of the molecule is CCNC(=NCc1ncnn1C)NCCCN(C(=O)OC(C)(C)C)C(C)C.I. The van der Waals surface area contributed by atoms with E-state index < -0.39 is 5.60 Å². The first kappa shape index (κ1) is 26.4. The summed E-state index contributed by atoms with van der Waals surface area (Å²) in [6, 6.07) is 0.0812. The second kappa shape index (κ2) is 12.8. The molecule has 0 fully saturated rings. The first-order valence-electron chi connectivity index (χ1n) is 9.48. The van der Waals surface area contributed by atoms with Crippen LogP contribution in [0.5, 0.6) is 0 Å². The van der Waals surface area contributed by atoms with Gasteiger partial charge in [-0.25, -0.2) is 14.8 Å². The van der Waals surface area contributed by atoms with E-state index in [9.17, 15) is 4.79 Å². The number of aromatic nitrogens is 3.